The Labute approximate surface area is 179 Å². The zero-order valence-corrected chi connectivity index (χ0v) is 17.9. The number of hydrogen-bond donors (Lipinski definition) is 2. The van der Waals surface area contributed by atoms with Crippen molar-refractivity contribution in [3.05, 3.63) is 52.0 Å². The first-order valence-electron chi connectivity index (χ1n) is 7.56. The fourth-order valence-electron chi connectivity index (χ4n) is 2.07. The monoisotopic (exact) mass is 474 g/mol. The van der Waals surface area contributed by atoms with Gasteiger partial charge < -0.3 is 11.1 Å². The van der Waals surface area contributed by atoms with E-state index < -0.39 is 9.84 Å². The molecule has 0 aliphatic carbocycles. The molecule has 12 heteroatoms. The molecular weight excluding hydrogens is 463 g/mol. The van der Waals surface area contributed by atoms with Gasteiger partial charge in [0.2, 0.25) is 15.7 Å². The van der Waals surface area contributed by atoms with Crippen LogP contribution in [0.1, 0.15) is 0 Å². The molecule has 0 aliphatic rings. The summed E-state index contributed by atoms with van der Waals surface area (Å²) in [6, 6.07) is 7.84. The van der Waals surface area contributed by atoms with Crippen molar-refractivity contribution >= 4 is 73.6 Å². The average Bonchev–Trinajstić information content (AvgIpc) is 3.18. The maximum Gasteiger partial charge on any atom is 0.234 e. The number of carbonyl (C=O) groups excluding carboxylic acids is 1. The number of nitrogen functional groups attached to an aromatic ring is 1. The summed E-state index contributed by atoms with van der Waals surface area (Å²) in [6.07, 6.45) is 1.15. The molecule has 0 fully saturated rings. The fraction of sp³-hybridized carbons (Fsp3) is 0.0625. The first kappa shape index (κ1) is 20.9. The predicted octanol–water partition coefficient (Wildman–Crippen LogP) is 3.99. The molecule has 28 heavy (non-hydrogen) atoms. The van der Waals surface area contributed by atoms with Gasteiger partial charge >= 0.3 is 0 Å². The molecule has 0 aliphatic heterocycles. The molecule has 0 radical (unpaired) electrons. The van der Waals surface area contributed by atoms with Gasteiger partial charge in [-0.05, 0) is 29.6 Å². The number of nitrogens with zero attached hydrogens (tertiary/aromatic N) is 2. The molecule has 3 aromatic rings. The van der Waals surface area contributed by atoms with Gasteiger partial charge in [-0.3, -0.25) is 4.79 Å². The van der Waals surface area contributed by atoms with Crippen LogP contribution in [-0.4, -0.2) is 30.0 Å². The maximum atomic E-state index is 12.5. The smallest absolute Gasteiger partial charge is 0.234 e. The Morgan fingerprint density at radius 3 is 2.68 bits per heavy atom. The third-order valence-electron chi connectivity index (χ3n) is 3.35. The van der Waals surface area contributed by atoms with Crippen LogP contribution in [0.15, 0.2) is 56.2 Å². The van der Waals surface area contributed by atoms with Gasteiger partial charge in [-0.25, -0.2) is 18.4 Å². The topological polar surface area (TPSA) is 115 Å². The van der Waals surface area contributed by atoms with Crippen LogP contribution in [0.25, 0.3) is 0 Å². The molecule has 0 unspecified atom stereocenters. The van der Waals surface area contributed by atoms with Crippen molar-refractivity contribution in [2.75, 3.05) is 16.8 Å². The highest BCUT2D eigenvalue weighted by Gasteiger charge is 2.23. The molecule has 146 valence electrons. The minimum atomic E-state index is -3.77. The number of sulfone groups is 1. The number of nitrogens with one attached hydrogen (secondary N) is 1. The van der Waals surface area contributed by atoms with E-state index in [0.717, 1.165) is 29.3 Å². The summed E-state index contributed by atoms with van der Waals surface area (Å²) in [7, 11) is -3.77. The van der Waals surface area contributed by atoms with E-state index >= 15 is 0 Å². The minimum Gasteiger partial charge on any atom is -0.382 e. The molecule has 1 aromatic carbocycles. The second-order valence-corrected chi connectivity index (χ2v) is 10.2. The van der Waals surface area contributed by atoms with Crippen molar-refractivity contribution in [3.8, 4) is 0 Å². The molecule has 3 N–H and O–H groups in total. The molecule has 0 spiro atoms. The van der Waals surface area contributed by atoms with Crippen molar-refractivity contribution in [3.63, 3.8) is 0 Å². The summed E-state index contributed by atoms with van der Waals surface area (Å²) in [5.74, 6) is -0.492. The molecule has 3 rings (SSSR count). The SMILES string of the molecule is Nc1nc(SCC(=O)Nc2ccc(Cl)c(Cl)c2)ncc1S(=O)(=O)c1cccs1. The predicted molar refractivity (Wildman–Crippen MR) is 112 cm³/mol. The molecule has 0 saturated carbocycles. The summed E-state index contributed by atoms with van der Waals surface area (Å²) in [5.41, 5.74) is 6.31. The van der Waals surface area contributed by atoms with Crippen LogP contribution in [0.5, 0.6) is 0 Å². The van der Waals surface area contributed by atoms with Crippen LogP contribution in [0, 0.1) is 0 Å². The highest BCUT2D eigenvalue weighted by molar-refractivity contribution is 7.99. The number of aromatic nitrogens is 2. The second-order valence-electron chi connectivity index (χ2n) is 5.30. The Balaban J connectivity index is 1.66. The standard InChI is InChI=1S/C16H12Cl2N4O3S3/c17-10-4-3-9(6-11(10)18)21-13(23)8-27-16-20-7-12(15(19)22-16)28(24,25)14-2-1-5-26-14/h1-7H,8H2,(H,21,23)(H2,19,20,22). The minimum absolute atomic E-state index is 0.00327. The van der Waals surface area contributed by atoms with Gasteiger partial charge in [-0.15, -0.1) is 11.3 Å². The van der Waals surface area contributed by atoms with E-state index in [1.165, 1.54) is 12.1 Å². The van der Waals surface area contributed by atoms with Gasteiger partial charge in [0, 0.05) is 5.69 Å². The van der Waals surface area contributed by atoms with Crippen LogP contribution >= 0.6 is 46.3 Å². The molecule has 1 amide bonds. The van der Waals surface area contributed by atoms with Gasteiger partial charge in [0.05, 0.1) is 22.0 Å². The highest BCUT2D eigenvalue weighted by Crippen LogP contribution is 2.29. The van der Waals surface area contributed by atoms with Gasteiger partial charge in [0.25, 0.3) is 0 Å². The largest absolute Gasteiger partial charge is 0.382 e. The van der Waals surface area contributed by atoms with E-state index in [-0.39, 0.29) is 31.7 Å². The highest BCUT2D eigenvalue weighted by atomic mass is 35.5. The third-order valence-corrected chi connectivity index (χ3v) is 8.11. The summed E-state index contributed by atoms with van der Waals surface area (Å²) in [4.78, 5) is 19.9. The number of nitrogens with two attached hydrogens (primary N) is 1. The van der Waals surface area contributed by atoms with Crippen molar-refractivity contribution in [2.24, 2.45) is 0 Å². The van der Waals surface area contributed by atoms with Gasteiger partial charge in [-0.2, -0.15) is 0 Å². The first-order chi connectivity index (χ1) is 13.3. The quantitative estimate of drug-likeness (QED) is 0.409. The summed E-state index contributed by atoms with van der Waals surface area (Å²) in [6.45, 7) is 0. The molecule has 0 saturated heterocycles. The average molecular weight is 475 g/mol. The summed E-state index contributed by atoms with van der Waals surface area (Å²) >= 11 is 13.8. The second kappa shape index (κ2) is 8.66. The van der Waals surface area contributed by atoms with Gasteiger partial charge in [0.15, 0.2) is 5.16 Å². The molecule has 2 aromatic heterocycles. The number of anilines is 2. The molecule has 7 nitrogen and oxygen atoms in total. The van der Waals surface area contributed by atoms with E-state index in [0.29, 0.717) is 15.7 Å². The number of carbonyl (C=O) groups is 1. The number of rotatable bonds is 6. The lowest BCUT2D eigenvalue weighted by molar-refractivity contribution is -0.113. The normalized spacial score (nSPS) is 11.4. The first-order valence-corrected chi connectivity index (χ1v) is 11.7. The Morgan fingerprint density at radius 1 is 1.25 bits per heavy atom. The number of thioether (sulfide) groups is 1. The van der Waals surface area contributed by atoms with Crippen molar-refractivity contribution in [1.29, 1.82) is 0 Å². The lowest BCUT2D eigenvalue weighted by Crippen LogP contribution is -2.14. The van der Waals surface area contributed by atoms with Crippen LogP contribution in [-0.2, 0) is 14.6 Å². The lowest BCUT2D eigenvalue weighted by atomic mass is 10.3. The number of benzene rings is 1. The van der Waals surface area contributed by atoms with E-state index in [1.54, 1.807) is 23.6 Å². The van der Waals surface area contributed by atoms with E-state index in [9.17, 15) is 13.2 Å². The number of hydrogen-bond acceptors (Lipinski definition) is 8. The lowest BCUT2D eigenvalue weighted by Gasteiger charge is -2.08. The van der Waals surface area contributed by atoms with Crippen LogP contribution in [0.4, 0.5) is 11.5 Å². The number of halogens is 2. The zero-order valence-electron chi connectivity index (χ0n) is 13.9. The Hall–Kier alpha value is -1.85. The molecule has 0 bridgehead atoms. The van der Waals surface area contributed by atoms with Crippen LogP contribution < -0.4 is 11.1 Å². The number of thiophene rings is 1. The molecule has 0 atom stereocenters. The van der Waals surface area contributed by atoms with E-state index in [4.69, 9.17) is 28.9 Å². The van der Waals surface area contributed by atoms with E-state index in [2.05, 4.69) is 15.3 Å². The molecule has 2 heterocycles. The van der Waals surface area contributed by atoms with Crippen molar-refractivity contribution in [2.45, 2.75) is 14.3 Å². The van der Waals surface area contributed by atoms with Crippen LogP contribution in [0.3, 0.4) is 0 Å². The van der Waals surface area contributed by atoms with Crippen LogP contribution in [0.2, 0.25) is 10.0 Å². The number of amides is 1. The van der Waals surface area contributed by atoms with Gasteiger partial charge in [0.1, 0.15) is 14.9 Å². The third kappa shape index (κ3) is 4.76. The Kier molecular flexibility index (Phi) is 6.46. The van der Waals surface area contributed by atoms with Gasteiger partial charge in [-0.1, -0.05) is 41.0 Å². The van der Waals surface area contributed by atoms with Crippen molar-refractivity contribution < 1.29 is 13.2 Å². The molecular formula is C16H12Cl2N4O3S3. The fourth-order valence-corrected chi connectivity index (χ4v) is 5.37. The zero-order chi connectivity index (χ0) is 20.3. The maximum absolute atomic E-state index is 12.5. The Morgan fingerprint density at radius 2 is 2.04 bits per heavy atom. The Bertz CT molecular complexity index is 1120. The summed E-state index contributed by atoms with van der Waals surface area (Å²) in [5, 5.41) is 5.21. The summed E-state index contributed by atoms with van der Waals surface area (Å²) < 4.78 is 25.2. The van der Waals surface area contributed by atoms with E-state index in [1.807, 2.05) is 0 Å². The van der Waals surface area contributed by atoms with Crippen molar-refractivity contribution in [1.82, 2.24) is 9.97 Å².